The van der Waals surface area contributed by atoms with E-state index >= 15 is 0 Å². The van der Waals surface area contributed by atoms with Crippen molar-refractivity contribution in [3.63, 3.8) is 0 Å². The predicted molar refractivity (Wildman–Crippen MR) is 81.2 cm³/mol. The first kappa shape index (κ1) is 15.1. The molecule has 0 unspecified atom stereocenters. The lowest BCUT2D eigenvalue weighted by Crippen LogP contribution is -2.62. The summed E-state index contributed by atoms with van der Waals surface area (Å²) in [4.78, 5) is 13.4. The van der Waals surface area contributed by atoms with Gasteiger partial charge in [-0.1, -0.05) is 0 Å². The third-order valence-electron chi connectivity index (χ3n) is 4.24. The minimum Gasteiger partial charge on any atom is -0.497 e. The molecule has 0 aliphatic carbocycles. The lowest BCUT2D eigenvalue weighted by Gasteiger charge is -2.45. The fourth-order valence-electron chi connectivity index (χ4n) is 2.99. The Morgan fingerprint density at radius 2 is 2.00 bits per heavy atom. The fraction of sp³-hybridized carbons (Fsp3) is 0.500. The summed E-state index contributed by atoms with van der Waals surface area (Å²) >= 11 is 0. The van der Waals surface area contributed by atoms with Crippen molar-refractivity contribution in [3.8, 4) is 5.75 Å². The molecule has 7 nitrogen and oxygen atoms in total. The minimum atomic E-state index is -3.58. The van der Waals surface area contributed by atoms with Crippen molar-refractivity contribution in [1.29, 1.82) is 0 Å². The Morgan fingerprint density at radius 3 is 2.59 bits per heavy atom. The standard InChI is InChI=1S/C14H19N3O4S/c1-10(18)17-7-5-14(6-8-17)15-12-9-11(21-2)3-4-13(12)22(19,20)16-14/h3-4,9,15-16H,5-8H2,1-2H3. The molecule has 0 atom stereocenters. The predicted octanol–water partition coefficient (Wildman–Crippen LogP) is 0.738. The first-order valence-electron chi connectivity index (χ1n) is 7.11. The largest absolute Gasteiger partial charge is 0.497 e. The molecule has 2 N–H and O–H groups in total. The number of fused-ring (bicyclic) bond motifs is 1. The van der Waals surface area contributed by atoms with Gasteiger partial charge in [-0.3, -0.25) is 4.79 Å². The molecule has 2 heterocycles. The van der Waals surface area contributed by atoms with Gasteiger partial charge in [0.25, 0.3) is 0 Å². The molecule has 1 amide bonds. The maximum absolute atomic E-state index is 12.5. The molecule has 1 saturated heterocycles. The Hall–Kier alpha value is -1.80. The highest BCUT2D eigenvalue weighted by molar-refractivity contribution is 7.89. The quantitative estimate of drug-likeness (QED) is 0.795. The molecule has 2 aliphatic heterocycles. The van der Waals surface area contributed by atoms with Crippen molar-refractivity contribution in [1.82, 2.24) is 9.62 Å². The van der Waals surface area contributed by atoms with Gasteiger partial charge in [-0.2, -0.15) is 4.72 Å². The first-order chi connectivity index (χ1) is 10.4. The molecule has 0 radical (unpaired) electrons. The Labute approximate surface area is 129 Å². The van der Waals surface area contributed by atoms with Crippen LogP contribution in [0, 0.1) is 0 Å². The molecule has 0 bridgehead atoms. The van der Waals surface area contributed by atoms with Crippen molar-refractivity contribution in [2.75, 3.05) is 25.5 Å². The van der Waals surface area contributed by atoms with Crippen molar-refractivity contribution < 1.29 is 17.9 Å². The van der Waals surface area contributed by atoms with Gasteiger partial charge in [0.15, 0.2) is 0 Å². The van der Waals surface area contributed by atoms with Crippen LogP contribution in [-0.4, -0.2) is 45.1 Å². The number of methoxy groups -OCH3 is 1. The van der Waals surface area contributed by atoms with Crippen LogP contribution in [-0.2, 0) is 14.8 Å². The van der Waals surface area contributed by atoms with Gasteiger partial charge >= 0.3 is 0 Å². The van der Waals surface area contributed by atoms with E-state index in [2.05, 4.69) is 10.0 Å². The van der Waals surface area contributed by atoms with Gasteiger partial charge in [0, 0.05) is 38.9 Å². The summed E-state index contributed by atoms with van der Waals surface area (Å²) in [7, 11) is -2.04. The molecule has 120 valence electrons. The zero-order chi connectivity index (χ0) is 16.0. The van der Waals surface area contributed by atoms with Crippen molar-refractivity contribution in [3.05, 3.63) is 18.2 Å². The number of amides is 1. The smallest absolute Gasteiger partial charge is 0.244 e. The first-order valence-corrected chi connectivity index (χ1v) is 8.59. The third-order valence-corrected chi connectivity index (χ3v) is 5.84. The lowest BCUT2D eigenvalue weighted by atomic mass is 9.97. The van der Waals surface area contributed by atoms with Crippen LogP contribution in [0.5, 0.6) is 5.75 Å². The van der Waals surface area contributed by atoms with E-state index in [1.807, 2.05) is 0 Å². The average molecular weight is 325 g/mol. The van der Waals surface area contributed by atoms with E-state index in [0.29, 0.717) is 37.4 Å². The van der Waals surface area contributed by atoms with E-state index < -0.39 is 15.7 Å². The summed E-state index contributed by atoms with van der Waals surface area (Å²) in [5.41, 5.74) is -0.209. The van der Waals surface area contributed by atoms with Crippen LogP contribution in [0.4, 0.5) is 5.69 Å². The molecular weight excluding hydrogens is 306 g/mol. The number of sulfonamides is 1. The molecule has 3 rings (SSSR count). The second kappa shape index (κ2) is 5.13. The second-order valence-electron chi connectivity index (χ2n) is 5.68. The Kier molecular flexibility index (Phi) is 3.53. The summed E-state index contributed by atoms with van der Waals surface area (Å²) in [5.74, 6) is 0.607. The van der Waals surface area contributed by atoms with Gasteiger partial charge < -0.3 is 15.0 Å². The maximum atomic E-state index is 12.5. The van der Waals surface area contributed by atoms with Gasteiger partial charge in [-0.25, -0.2) is 8.42 Å². The van der Waals surface area contributed by atoms with Gasteiger partial charge in [0.2, 0.25) is 15.9 Å². The van der Waals surface area contributed by atoms with Crippen LogP contribution in [0.2, 0.25) is 0 Å². The monoisotopic (exact) mass is 325 g/mol. The van der Waals surface area contributed by atoms with Gasteiger partial charge in [-0.05, 0) is 12.1 Å². The molecule has 1 aromatic rings. The molecule has 0 aromatic heterocycles. The summed E-state index contributed by atoms with van der Waals surface area (Å²) < 4.78 is 32.9. The lowest BCUT2D eigenvalue weighted by molar-refractivity contribution is -0.130. The number of benzene rings is 1. The molecule has 1 fully saturated rings. The van der Waals surface area contributed by atoms with Crippen molar-refractivity contribution >= 4 is 21.6 Å². The summed E-state index contributed by atoms with van der Waals surface area (Å²) in [6.45, 7) is 2.56. The fourth-order valence-corrected chi connectivity index (χ4v) is 4.52. The average Bonchev–Trinajstić information content (AvgIpc) is 2.46. The number of nitrogens with one attached hydrogen (secondary N) is 2. The number of nitrogens with zero attached hydrogens (tertiary/aromatic N) is 1. The number of carbonyl (C=O) groups excluding carboxylic acids is 1. The maximum Gasteiger partial charge on any atom is 0.244 e. The van der Waals surface area contributed by atoms with E-state index in [1.54, 1.807) is 24.1 Å². The third kappa shape index (κ3) is 2.52. The van der Waals surface area contributed by atoms with Crippen LogP contribution >= 0.6 is 0 Å². The zero-order valence-electron chi connectivity index (χ0n) is 12.5. The number of anilines is 1. The van der Waals surface area contributed by atoms with Crippen molar-refractivity contribution in [2.45, 2.75) is 30.3 Å². The molecule has 2 aliphatic rings. The van der Waals surface area contributed by atoms with Crippen LogP contribution < -0.4 is 14.8 Å². The van der Waals surface area contributed by atoms with E-state index in [1.165, 1.54) is 13.0 Å². The van der Waals surface area contributed by atoms with Crippen LogP contribution in [0.25, 0.3) is 0 Å². The zero-order valence-corrected chi connectivity index (χ0v) is 13.4. The van der Waals surface area contributed by atoms with E-state index in [-0.39, 0.29) is 10.8 Å². The number of hydrogen-bond acceptors (Lipinski definition) is 5. The van der Waals surface area contributed by atoms with Gasteiger partial charge in [0.1, 0.15) is 16.3 Å². The molecule has 0 saturated carbocycles. The number of likely N-dealkylation sites (tertiary alicyclic amines) is 1. The number of piperidine rings is 1. The molecule has 22 heavy (non-hydrogen) atoms. The number of rotatable bonds is 1. The molecule has 1 aromatic carbocycles. The highest BCUT2D eigenvalue weighted by Gasteiger charge is 2.43. The Bertz CT molecular complexity index is 709. The van der Waals surface area contributed by atoms with Crippen LogP contribution in [0.3, 0.4) is 0 Å². The number of carbonyl (C=O) groups is 1. The number of hydrogen-bond donors (Lipinski definition) is 2. The molecular formula is C14H19N3O4S. The van der Waals surface area contributed by atoms with Crippen molar-refractivity contribution in [2.24, 2.45) is 0 Å². The van der Waals surface area contributed by atoms with E-state index in [0.717, 1.165) is 0 Å². The minimum absolute atomic E-state index is 0.00980. The summed E-state index contributed by atoms with van der Waals surface area (Å²) in [6.07, 6.45) is 1.03. The summed E-state index contributed by atoms with van der Waals surface area (Å²) in [6, 6.07) is 4.84. The van der Waals surface area contributed by atoms with E-state index in [4.69, 9.17) is 4.74 Å². The van der Waals surface area contributed by atoms with Crippen LogP contribution in [0.15, 0.2) is 23.1 Å². The highest BCUT2D eigenvalue weighted by atomic mass is 32.2. The van der Waals surface area contributed by atoms with Crippen LogP contribution in [0.1, 0.15) is 19.8 Å². The molecule has 8 heteroatoms. The van der Waals surface area contributed by atoms with E-state index in [9.17, 15) is 13.2 Å². The van der Waals surface area contributed by atoms with Gasteiger partial charge in [-0.15, -0.1) is 0 Å². The molecule has 1 spiro atoms. The Morgan fingerprint density at radius 1 is 1.32 bits per heavy atom. The second-order valence-corrected chi connectivity index (χ2v) is 7.33. The number of ether oxygens (including phenoxy) is 1. The van der Waals surface area contributed by atoms with Gasteiger partial charge in [0.05, 0.1) is 12.8 Å². The highest BCUT2D eigenvalue weighted by Crippen LogP contribution is 2.36. The normalized spacial score (nSPS) is 21.8. The SMILES string of the molecule is COc1ccc2c(c1)NC1(CCN(C(C)=O)CC1)NS2(=O)=O. The topological polar surface area (TPSA) is 87.7 Å². The summed E-state index contributed by atoms with van der Waals surface area (Å²) in [5, 5.41) is 3.29. The Balaban J connectivity index is 1.93.